The van der Waals surface area contributed by atoms with Gasteiger partial charge in [0.15, 0.2) is 0 Å². The van der Waals surface area contributed by atoms with Gasteiger partial charge in [-0.3, -0.25) is 28.8 Å². The van der Waals surface area contributed by atoms with E-state index in [1.54, 1.807) is 0 Å². The summed E-state index contributed by atoms with van der Waals surface area (Å²) in [6.45, 7) is 2.70. The molecule has 0 saturated heterocycles. The van der Waals surface area contributed by atoms with Crippen LogP contribution in [0.4, 0.5) is 0 Å². The Bertz CT molecular complexity index is 1560. The second-order valence-electron chi connectivity index (χ2n) is 24.7. The van der Waals surface area contributed by atoms with Crippen LogP contribution in [-0.4, -0.2) is 75.5 Å². The Balaban J connectivity index is 0.710. The summed E-state index contributed by atoms with van der Waals surface area (Å²) in [7, 11) is 0. The average Bonchev–Trinajstić information content (AvgIpc) is 3.30. The molecule has 16 aliphatic rings. The topological polar surface area (TPSA) is 158 Å². The van der Waals surface area contributed by atoms with E-state index in [2.05, 4.69) is 36.5 Å². The number of esters is 6. The summed E-state index contributed by atoms with van der Waals surface area (Å²) in [5.74, 6) is -0.798. The summed E-state index contributed by atoms with van der Waals surface area (Å²) in [6, 6.07) is 0. The van der Waals surface area contributed by atoms with Crippen molar-refractivity contribution in [3.05, 3.63) is 36.5 Å². The van der Waals surface area contributed by atoms with Gasteiger partial charge in [0.05, 0.1) is 72.1 Å². The van der Waals surface area contributed by atoms with E-state index in [-0.39, 0.29) is 35.8 Å². The summed E-state index contributed by atoms with van der Waals surface area (Å²) in [5.41, 5.74) is -2.75. The van der Waals surface area contributed by atoms with E-state index in [0.717, 1.165) is 193 Å². The minimum atomic E-state index is -0.458. The molecule has 0 spiro atoms. The monoisotopic (exact) mass is 1040 g/mol. The second kappa shape index (κ2) is 29.1. The highest BCUT2D eigenvalue weighted by molar-refractivity contribution is 5.93. The third-order valence-electron chi connectivity index (χ3n) is 18.2. The molecular formula is C63H96O12. The highest BCUT2D eigenvalue weighted by Crippen LogP contribution is 2.76. The fourth-order valence-electron chi connectivity index (χ4n) is 13.6. The number of hydrogen-bond acceptors (Lipinski definition) is 12. The van der Waals surface area contributed by atoms with Crippen molar-refractivity contribution in [3.63, 3.8) is 0 Å². The predicted octanol–water partition coefficient (Wildman–Crippen LogP) is 14.1. The molecule has 9 saturated carbocycles. The van der Waals surface area contributed by atoms with Gasteiger partial charge in [-0.05, 0) is 173 Å². The molecule has 0 atom stereocenters. The molecule has 6 bridgehead atoms. The predicted molar refractivity (Wildman–Crippen MR) is 288 cm³/mol. The van der Waals surface area contributed by atoms with Gasteiger partial charge in [-0.1, -0.05) is 114 Å². The van der Waals surface area contributed by atoms with E-state index in [9.17, 15) is 28.8 Å². The van der Waals surface area contributed by atoms with Crippen molar-refractivity contribution < 1.29 is 57.2 Å². The maximum Gasteiger partial charge on any atom is 0.312 e. The fraction of sp³-hybridized carbons (Fsp3) is 0.810. The van der Waals surface area contributed by atoms with Gasteiger partial charge in [-0.15, -0.1) is 0 Å². The number of carbonyl (C=O) groups is 6. The van der Waals surface area contributed by atoms with Gasteiger partial charge in [-0.25, -0.2) is 0 Å². The van der Waals surface area contributed by atoms with E-state index in [1.807, 2.05) is 0 Å². The zero-order valence-corrected chi connectivity index (χ0v) is 46.2. The Labute approximate surface area is 450 Å². The Morgan fingerprint density at radius 2 is 0.333 bits per heavy atom. The number of hydrogen-bond donors (Lipinski definition) is 0. The van der Waals surface area contributed by atoms with Gasteiger partial charge in [0, 0.05) is 0 Å². The second-order valence-corrected chi connectivity index (χ2v) is 24.7. The summed E-state index contributed by atoms with van der Waals surface area (Å²) < 4.78 is 33.9. The molecule has 0 amide bonds. The summed E-state index contributed by atoms with van der Waals surface area (Å²) in [4.78, 5) is 76.9. The quantitative estimate of drug-likeness (QED) is 0.129. The Hall–Kier alpha value is -3.96. The van der Waals surface area contributed by atoms with Crippen molar-refractivity contribution in [2.24, 2.45) is 32.5 Å². The molecule has 9 aliphatic carbocycles. The zero-order valence-electron chi connectivity index (χ0n) is 46.2. The van der Waals surface area contributed by atoms with Crippen molar-refractivity contribution in [1.29, 1.82) is 0 Å². The van der Waals surface area contributed by atoms with Crippen LogP contribution in [0.2, 0.25) is 0 Å². The van der Waals surface area contributed by atoms with Crippen LogP contribution in [0.15, 0.2) is 36.5 Å². The van der Waals surface area contributed by atoms with E-state index < -0.39 is 32.5 Å². The van der Waals surface area contributed by atoms with E-state index in [4.69, 9.17) is 28.4 Å². The molecule has 9 fully saturated rings. The van der Waals surface area contributed by atoms with Gasteiger partial charge < -0.3 is 28.4 Å². The summed E-state index contributed by atoms with van der Waals surface area (Å²) in [6.07, 6.45) is 50.0. The first kappa shape index (κ1) is 58.7. The molecule has 0 unspecified atom stereocenters. The summed E-state index contributed by atoms with van der Waals surface area (Å²) >= 11 is 0. The molecule has 0 radical (unpaired) electrons. The van der Waals surface area contributed by atoms with Crippen LogP contribution in [-0.2, 0) is 57.2 Å². The molecule has 0 aromatic carbocycles. The van der Waals surface area contributed by atoms with Crippen molar-refractivity contribution in [2.45, 2.75) is 250 Å². The number of rotatable bonds is 0. The van der Waals surface area contributed by atoms with Crippen LogP contribution in [0.5, 0.6) is 0 Å². The van der Waals surface area contributed by atoms with Crippen molar-refractivity contribution >= 4 is 35.8 Å². The third-order valence-corrected chi connectivity index (χ3v) is 18.2. The zero-order chi connectivity index (χ0) is 52.8. The van der Waals surface area contributed by atoms with E-state index >= 15 is 0 Å². The van der Waals surface area contributed by atoms with Crippen LogP contribution < -0.4 is 0 Å². The van der Waals surface area contributed by atoms with Crippen molar-refractivity contribution in [3.8, 4) is 0 Å². The first-order valence-electron chi connectivity index (χ1n) is 30.5. The Morgan fingerprint density at radius 1 is 0.200 bits per heavy atom. The van der Waals surface area contributed by atoms with Crippen LogP contribution in [0.3, 0.4) is 0 Å². The van der Waals surface area contributed by atoms with Gasteiger partial charge in [0.25, 0.3) is 0 Å². The lowest BCUT2D eigenvalue weighted by Gasteiger charge is -2.66. The van der Waals surface area contributed by atoms with Gasteiger partial charge in [-0.2, -0.15) is 0 Å². The average molecular weight is 1050 g/mol. The first-order valence-corrected chi connectivity index (χ1v) is 30.5. The molecule has 7 aliphatic heterocycles. The van der Waals surface area contributed by atoms with E-state index in [0.29, 0.717) is 97.4 Å². The Morgan fingerprint density at radius 3 is 0.480 bits per heavy atom. The Kier molecular flexibility index (Phi) is 22.8. The SMILES string of the molecule is O=C1OCCCCCCC=CCCCCCCOC(=O)C23CC(C2)(C3)C(=O)OCCCCCCC=CCCCCCCOC(=O)C23CC(C2)(C3)C(=O)OCCCCCCC=CCCCCCCOC(=O)C23CC1(C2)C3. The number of ether oxygens (including phenoxy) is 6. The molecule has 16 rings (SSSR count). The lowest BCUT2D eigenvalue weighted by molar-refractivity contribution is -0.237. The standard InChI is InChI=1S/C63H96O12/c64-52-58-43-60(44-58,45-58)54(66)72-39-33-27-21-15-9-3-4-11-17-23-29-35-41-74-56(68)62-49-63(50-62,51-62)57(69)75-42-36-30-24-18-12-6-5-10-16-22-28-34-40-73-55(67)61-46-59(47-61,48-61)53(65)71-38-32-26-20-14-8-2-1-7-13-19-25-31-37-70-52/h1-6H,7-51H2. The van der Waals surface area contributed by atoms with Gasteiger partial charge >= 0.3 is 35.8 Å². The maximum absolute atomic E-state index is 12.8. The lowest BCUT2D eigenvalue weighted by atomic mass is 9.35. The van der Waals surface area contributed by atoms with Crippen LogP contribution in [0.1, 0.15) is 250 Å². The van der Waals surface area contributed by atoms with Gasteiger partial charge in [0.2, 0.25) is 0 Å². The van der Waals surface area contributed by atoms with Gasteiger partial charge in [0.1, 0.15) is 0 Å². The molecule has 0 aromatic heterocycles. The van der Waals surface area contributed by atoms with Crippen LogP contribution in [0, 0.1) is 32.5 Å². The molecule has 0 N–H and O–H groups in total. The lowest BCUT2D eigenvalue weighted by Crippen LogP contribution is -2.69. The number of carbonyl (C=O) groups excluding carboxylic acids is 6. The maximum atomic E-state index is 12.8. The first-order chi connectivity index (χ1) is 36.5. The summed E-state index contributed by atoms with van der Waals surface area (Å²) in [5, 5.41) is 0. The largest absolute Gasteiger partial charge is 0.465 e. The molecule has 7 heterocycles. The highest BCUT2D eigenvalue weighted by Gasteiger charge is 2.78. The van der Waals surface area contributed by atoms with Crippen LogP contribution >= 0.6 is 0 Å². The minimum absolute atomic E-state index is 0.133. The third kappa shape index (κ3) is 15.8. The molecule has 75 heavy (non-hydrogen) atoms. The van der Waals surface area contributed by atoms with Crippen molar-refractivity contribution in [2.75, 3.05) is 39.6 Å². The highest BCUT2D eigenvalue weighted by atomic mass is 16.6. The fourth-order valence-corrected chi connectivity index (χ4v) is 13.6. The molecule has 12 nitrogen and oxygen atoms in total. The molecule has 12 heteroatoms. The van der Waals surface area contributed by atoms with Crippen LogP contribution in [0.25, 0.3) is 0 Å². The molecule has 0 aromatic rings. The smallest absolute Gasteiger partial charge is 0.312 e. The molecule has 420 valence electrons. The minimum Gasteiger partial charge on any atom is -0.465 e. The van der Waals surface area contributed by atoms with Crippen molar-refractivity contribution in [1.82, 2.24) is 0 Å². The molecular weight excluding hydrogens is 949 g/mol. The number of allylic oxidation sites excluding steroid dienone is 6. The van der Waals surface area contributed by atoms with E-state index in [1.165, 1.54) is 0 Å². The normalized spacial score (nSPS) is 35.4.